The second-order valence-corrected chi connectivity index (χ2v) is 5.75. The van der Waals surface area contributed by atoms with Gasteiger partial charge in [-0.3, -0.25) is 9.89 Å². The van der Waals surface area contributed by atoms with Crippen LogP contribution in [0.2, 0.25) is 0 Å². The maximum Gasteiger partial charge on any atom is 0.337 e. The predicted molar refractivity (Wildman–Crippen MR) is 91.1 cm³/mol. The highest BCUT2D eigenvalue weighted by Gasteiger charge is 2.35. The SMILES string of the molecule is COC(=O)c1cccc(C2NC(=O)c3[nH]nc(-c4ccccc4)c32)c1. The molecule has 1 amide bonds. The number of H-pyrrole nitrogens is 1. The van der Waals surface area contributed by atoms with Crippen LogP contribution >= 0.6 is 0 Å². The fourth-order valence-electron chi connectivity index (χ4n) is 3.11. The van der Waals surface area contributed by atoms with Gasteiger partial charge in [0, 0.05) is 11.1 Å². The summed E-state index contributed by atoms with van der Waals surface area (Å²) in [5.41, 5.74) is 4.12. The van der Waals surface area contributed by atoms with E-state index in [2.05, 4.69) is 15.5 Å². The molecule has 0 fully saturated rings. The van der Waals surface area contributed by atoms with Crippen molar-refractivity contribution in [2.24, 2.45) is 0 Å². The highest BCUT2D eigenvalue weighted by molar-refractivity contribution is 6.00. The summed E-state index contributed by atoms with van der Waals surface area (Å²) in [4.78, 5) is 24.1. The molecule has 0 saturated carbocycles. The van der Waals surface area contributed by atoms with E-state index >= 15 is 0 Å². The largest absolute Gasteiger partial charge is 0.465 e. The molecule has 124 valence electrons. The molecule has 2 heterocycles. The average molecular weight is 333 g/mol. The number of aromatic amines is 1. The van der Waals surface area contributed by atoms with Crippen LogP contribution < -0.4 is 5.32 Å². The molecular weight excluding hydrogens is 318 g/mol. The van der Waals surface area contributed by atoms with Gasteiger partial charge in [0.05, 0.1) is 24.4 Å². The lowest BCUT2D eigenvalue weighted by Gasteiger charge is -2.14. The molecule has 0 spiro atoms. The number of aromatic nitrogens is 2. The second-order valence-electron chi connectivity index (χ2n) is 5.75. The number of methoxy groups -OCH3 is 1. The Bertz CT molecular complexity index is 963. The minimum absolute atomic E-state index is 0.210. The van der Waals surface area contributed by atoms with Gasteiger partial charge in [0.15, 0.2) is 0 Å². The molecule has 1 aromatic heterocycles. The van der Waals surface area contributed by atoms with Crippen LogP contribution in [0.1, 0.15) is 38.0 Å². The van der Waals surface area contributed by atoms with Gasteiger partial charge in [-0.15, -0.1) is 0 Å². The zero-order valence-electron chi connectivity index (χ0n) is 13.4. The van der Waals surface area contributed by atoms with Gasteiger partial charge in [0.1, 0.15) is 5.69 Å². The smallest absolute Gasteiger partial charge is 0.337 e. The minimum atomic E-state index is -0.415. The number of hydrogen-bond acceptors (Lipinski definition) is 4. The van der Waals surface area contributed by atoms with Crippen molar-refractivity contribution in [3.8, 4) is 11.3 Å². The molecule has 6 nitrogen and oxygen atoms in total. The Kier molecular flexibility index (Phi) is 3.57. The van der Waals surface area contributed by atoms with Crippen molar-refractivity contribution < 1.29 is 14.3 Å². The lowest BCUT2D eigenvalue weighted by molar-refractivity contribution is 0.0600. The van der Waals surface area contributed by atoms with Crippen LogP contribution in [0.3, 0.4) is 0 Å². The molecule has 0 radical (unpaired) electrons. The Morgan fingerprint density at radius 3 is 2.68 bits per heavy atom. The number of nitrogens with one attached hydrogen (secondary N) is 2. The average Bonchev–Trinajstić information content (AvgIpc) is 3.23. The molecule has 1 atom stereocenters. The molecule has 4 rings (SSSR count). The van der Waals surface area contributed by atoms with E-state index in [0.29, 0.717) is 11.3 Å². The summed E-state index contributed by atoms with van der Waals surface area (Å²) >= 11 is 0. The van der Waals surface area contributed by atoms with Crippen molar-refractivity contribution in [2.45, 2.75) is 6.04 Å². The van der Waals surface area contributed by atoms with Gasteiger partial charge in [-0.25, -0.2) is 4.79 Å². The molecule has 2 N–H and O–H groups in total. The zero-order valence-corrected chi connectivity index (χ0v) is 13.4. The molecule has 0 bridgehead atoms. The first-order valence-corrected chi connectivity index (χ1v) is 7.82. The molecule has 6 heteroatoms. The highest BCUT2D eigenvalue weighted by Crippen LogP contribution is 2.37. The lowest BCUT2D eigenvalue weighted by atomic mass is 9.95. The Balaban J connectivity index is 1.82. The zero-order chi connectivity index (χ0) is 17.4. The number of amides is 1. The second kappa shape index (κ2) is 5.90. The molecule has 1 unspecified atom stereocenters. The molecule has 1 aliphatic heterocycles. The Hall–Kier alpha value is -3.41. The summed E-state index contributed by atoms with van der Waals surface area (Å²) in [6, 6.07) is 16.3. The number of fused-ring (bicyclic) bond motifs is 1. The van der Waals surface area contributed by atoms with Crippen molar-refractivity contribution in [3.63, 3.8) is 0 Å². The number of ether oxygens (including phenoxy) is 1. The third-order valence-corrected chi connectivity index (χ3v) is 4.28. The summed E-state index contributed by atoms with van der Waals surface area (Å²) in [6.45, 7) is 0. The van der Waals surface area contributed by atoms with E-state index in [9.17, 15) is 9.59 Å². The first-order valence-electron chi connectivity index (χ1n) is 7.82. The molecule has 1 aliphatic rings. The predicted octanol–water partition coefficient (Wildman–Crippen LogP) is 2.70. The summed E-state index contributed by atoms with van der Waals surface area (Å²) in [5.74, 6) is -0.625. The summed E-state index contributed by atoms with van der Waals surface area (Å²) in [7, 11) is 1.34. The van der Waals surface area contributed by atoms with Crippen molar-refractivity contribution in [1.82, 2.24) is 15.5 Å². The number of benzene rings is 2. The first kappa shape index (κ1) is 15.1. The Morgan fingerprint density at radius 1 is 1.12 bits per heavy atom. The maximum atomic E-state index is 12.3. The maximum absolute atomic E-state index is 12.3. The van der Waals surface area contributed by atoms with E-state index in [1.807, 2.05) is 36.4 Å². The van der Waals surface area contributed by atoms with Crippen molar-refractivity contribution in [1.29, 1.82) is 0 Å². The van der Waals surface area contributed by atoms with E-state index < -0.39 is 5.97 Å². The van der Waals surface area contributed by atoms with Crippen LogP contribution in [0.4, 0.5) is 0 Å². The van der Waals surface area contributed by atoms with Gasteiger partial charge in [-0.1, -0.05) is 42.5 Å². The van der Waals surface area contributed by atoms with E-state index in [1.165, 1.54) is 7.11 Å². The number of rotatable bonds is 3. The van der Waals surface area contributed by atoms with Gasteiger partial charge < -0.3 is 10.1 Å². The fraction of sp³-hybridized carbons (Fsp3) is 0.105. The van der Waals surface area contributed by atoms with Crippen LogP contribution in [0.5, 0.6) is 0 Å². The Morgan fingerprint density at radius 2 is 1.92 bits per heavy atom. The number of carbonyl (C=O) groups is 2. The molecule has 2 aromatic carbocycles. The number of esters is 1. The third kappa shape index (κ3) is 2.48. The van der Waals surface area contributed by atoms with Crippen LogP contribution in [0.25, 0.3) is 11.3 Å². The van der Waals surface area contributed by atoms with Crippen LogP contribution in [0, 0.1) is 0 Å². The number of nitrogens with zero attached hydrogens (tertiary/aromatic N) is 1. The minimum Gasteiger partial charge on any atom is -0.465 e. The molecule has 0 aliphatic carbocycles. The van der Waals surface area contributed by atoms with Crippen LogP contribution in [0.15, 0.2) is 54.6 Å². The standard InChI is InChI=1S/C19H15N3O3/c1-25-19(24)13-9-5-8-12(10-13)15-14-16(11-6-3-2-4-7-11)21-22-17(14)18(23)20-15/h2-10,15H,1H3,(H,20,23)(H,21,22). The molecule has 3 aromatic rings. The van der Waals surface area contributed by atoms with Crippen molar-refractivity contribution in [2.75, 3.05) is 7.11 Å². The summed E-state index contributed by atoms with van der Waals surface area (Å²) in [5, 5.41) is 10.1. The number of hydrogen-bond donors (Lipinski definition) is 2. The monoisotopic (exact) mass is 333 g/mol. The van der Waals surface area contributed by atoms with Gasteiger partial charge in [0.25, 0.3) is 5.91 Å². The molecule has 0 saturated heterocycles. The fourth-order valence-corrected chi connectivity index (χ4v) is 3.11. The highest BCUT2D eigenvalue weighted by atomic mass is 16.5. The van der Waals surface area contributed by atoms with Crippen LogP contribution in [-0.2, 0) is 4.74 Å². The van der Waals surface area contributed by atoms with Gasteiger partial charge >= 0.3 is 5.97 Å². The van der Waals surface area contributed by atoms with Crippen molar-refractivity contribution in [3.05, 3.63) is 77.0 Å². The topological polar surface area (TPSA) is 84.1 Å². The van der Waals surface area contributed by atoms with E-state index in [-0.39, 0.29) is 11.9 Å². The normalized spacial score (nSPS) is 15.6. The number of carbonyl (C=O) groups excluding carboxylic acids is 2. The van der Waals surface area contributed by atoms with E-state index in [0.717, 1.165) is 22.4 Å². The quantitative estimate of drug-likeness (QED) is 0.722. The van der Waals surface area contributed by atoms with Crippen molar-refractivity contribution >= 4 is 11.9 Å². The van der Waals surface area contributed by atoms with E-state index in [4.69, 9.17) is 4.74 Å². The Labute approximate surface area is 143 Å². The third-order valence-electron chi connectivity index (χ3n) is 4.28. The first-order chi connectivity index (χ1) is 12.2. The lowest BCUT2D eigenvalue weighted by Crippen LogP contribution is -2.21. The summed E-state index contributed by atoms with van der Waals surface area (Å²) < 4.78 is 4.78. The van der Waals surface area contributed by atoms with Crippen LogP contribution in [-0.4, -0.2) is 29.2 Å². The van der Waals surface area contributed by atoms with Gasteiger partial charge in [0.2, 0.25) is 0 Å². The summed E-state index contributed by atoms with van der Waals surface area (Å²) in [6.07, 6.45) is 0. The molecule has 25 heavy (non-hydrogen) atoms. The van der Waals surface area contributed by atoms with Gasteiger partial charge in [-0.2, -0.15) is 5.10 Å². The van der Waals surface area contributed by atoms with E-state index in [1.54, 1.807) is 18.2 Å². The van der Waals surface area contributed by atoms with Gasteiger partial charge in [-0.05, 0) is 17.7 Å². The molecular formula is C19H15N3O3.